The maximum Gasteiger partial charge on any atom is 0.573 e. The quantitative estimate of drug-likeness (QED) is 0.419. The second-order valence-corrected chi connectivity index (χ2v) is 7.62. The number of carbonyl (C=O) groups excluding carboxylic acids is 1. The van der Waals surface area contributed by atoms with Gasteiger partial charge in [-0.1, -0.05) is 29.5 Å². The Hall–Kier alpha value is -3.40. The molecule has 0 atom stereocenters. The van der Waals surface area contributed by atoms with Crippen LogP contribution < -0.4 is 10.1 Å². The third-order valence-corrected chi connectivity index (χ3v) is 5.70. The minimum absolute atomic E-state index is 0.133. The van der Waals surface area contributed by atoms with E-state index in [0.29, 0.717) is 21.2 Å². The van der Waals surface area contributed by atoms with Crippen molar-refractivity contribution in [3.8, 4) is 17.0 Å². The van der Waals surface area contributed by atoms with Crippen molar-refractivity contribution in [1.29, 1.82) is 0 Å². The predicted molar refractivity (Wildman–Crippen MR) is 107 cm³/mol. The van der Waals surface area contributed by atoms with Gasteiger partial charge in [0.1, 0.15) is 16.4 Å². The lowest BCUT2D eigenvalue weighted by Crippen LogP contribution is -2.24. The van der Waals surface area contributed by atoms with Crippen LogP contribution in [0.3, 0.4) is 0 Å². The van der Waals surface area contributed by atoms with E-state index < -0.39 is 12.3 Å². The lowest BCUT2D eigenvalue weighted by atomic mass is 10.2. The standard InChI is InChI=1S/C21H15F4N3O2S/c1-12-18(19(29)26-10-14-4-2-3-5-17(14)30-21(23,24)25)31-20-27-16(11-28(12)20)13-6-8-15(22)9-7-13/h2-9,11H,10H2,1H3,(H,26,29). The summed E-state index contributed by atoms with van der Waals surface area (Å²) in [4.78, 5) is 18.1. The lowest BCUT2D eigenvalue weighted by Gasteiger charge is -2.13. The number of thiazole rings is 1. The fourth-order valence-corrected chi connectivity index (χ4v) is 4.08. The molecule has 2 aromatic heterocycles. The molecule has 0 saturated carbocycles. The van der Waals surface area contributed by atoms with Crippen LogP contribution in [0.2, 0.25) is 0 Å². The minimum atomic E-state index is -4.82. The van der Waals surface area contributed by atoms with Gasteiger partial charge in [0.2, 0.25) is 0 Å². The molecule has 0 aliphatic carbocycles. The van der Waals surface area contributed by atoms with E-state index in [1.165, 1.54) is 30.3 Å². The number of alkyl halides is 3. The third-order valence-electron chi connectivity index (χ3n) is 4.54. The highest BCUT2D eigenvalue weighted by Gasteiger charge is 2.32. The number of benzene rings is 2. The number of fused-ring (bicyclic) bond motifs is 1. The zero-order valence-corrected chi connectivity index (χ0v) is 16.9. The van der Waals surface area contributed by atoms with Crippen LogP contribution in [0.1, 0.15) is 20.9 Å². The van der Waals surface area contributed by atoms with Crippen molar-refractivity contribution in [1.82, 2.24) is 14.7 Å². The van der Waals surface area contributed by atoms with Gasteiger partial charge in [-0.15, -0.1) is 13.2 Å². The summed E-state index contributed by atoms with van der Waals surface area (Å²) in [7, 11) is 0. The first-order valence-electron chi connectivity index (χ1n) is 9.07. The number of hydrogen-bond donors (Lipinski definition) is 1. The Bertz CT molecular complexity index is 1250. The van der Waals surface area contributed by atoms with E-state index in [9.17, 15) is 22.4 Å². The van der Waals surface area contributed by atoms with Crippen LogP contribution in [-0.4, -0.2) is 21.7 Å². The normalized spacial score (nSPS) is 11.6. The fourth-order valence-electron chi connectivity index (χ4n) is 3.05. The molecule has 0 fully saturated rings. The molecule has 2 heterocycles. The zero-order chi connectivity index (χ0) is 22.2. The maximum atomic E-state index is 13.1. The van der Waals surface area contributed by atoms with E-state index in [-0.39, 0.29) is 23.7 Å². The van der Waals surface area contributed by atoms with Gasteiger partial charge in [-0.3, -0.25) is 9.20 Å². The van der Waals surface area contributed by atoms with Crippen molar-refractivity contribution in [2.45, 2.75) is 19.8 Å². The van der Waals surface area contributed by atoms with E-state index in [1.807, 2.05) is 0 Å². The highest BCUT2D eigenvalue weighted by Crippen LogP contribution is 2.28. The molecule has 1 N–H and O–H groups in total. The number of ether oxygens (including phenoxy) is 1. The van der Waals surface area contributed by atoms with Gasteiger partial charge in [0, 0.05) is 29.6 Å². The van der Waals surface area contributed by atoms with Crippen LogP contribution in [0.15, 0.2) is 54.7 Å². The number of aromatic nitrogens is 2. The number of carbonyl (C=O) groups is 1. The molecule has 1 amide bonds. The van der Waals surface area contributed by atoms with Gasteiger partial charge in [-0.25, -0.2) is 9.37 Å². The summed E-state index contributed by atoms with van der Waals surface area (Å²) >= 11 is 1.15. The number of hydrogen-bond acceptors (Lipinski definition) is 4. The summed E-state index contributed by atoms with van der Waals surface area (Å²) in [5, 5.41) is 2.63. The average molecular weight is 449 g/mol. The molecular weight excluding hydrogens is 434 g/mol. The zero-order valence-electron chi connectivity index (χ0n) is 16.0. The Labute approximate surface area is 177 Å². The molecule has 0 radical (unpaired) electrons. The Kier molecular flexibility index (Phi) is 5.40. The van der Waals surface area contributed by atoms with Gasteiger partial charge in [0.25, 0.3) is 5.91 Å². The van der Waals surface area contributed by atoms with E-state index in [1.54, 1.807) is 35.7 Å². The topological polar surface area (TPSA) is 55.6 Å². The van der Waals surface area contributed by atoms with E-state index in [0.717, 1.165) is 16.9 Å². The van der Waals surface area contributed by atoms with Gasteiger partial charge in [-0.2, -0.15) is 0 Å². The number of imidazole rings is 1. The SMILES string of the molecule is Cc1c(C(=O)NCc2ccccc2OC(F)(F)F)sc2nc(-c3ccc(F)cc3)cn12. The first kappa shape index (κ1) is 20.9. The fraction of sp³-hybridized carbons (Fsp3) is 0.143. The summed E-state index contributed by atoms with van der Waals surface area (Å²) in [5.74, 6) is -1.14. The monoisotopic (exact) mass is 449 g/mol. The number of para-hydroxylation sites is 1. The Morgan fingerprint density at radius 3 is 2.55 bits per heavy atom. The van der Waals surface area contributed by atoms with Gasteiger partial charge in [-0.05, 0) is 37.3 Å². The van der Waals surface area contributed by atoms with Crippen molar-refractivity contribution >= 4 is 22.2 Å². The average Bonchev–Trinajstić information content (AvgIpc) is 3.26. The Morgan fingerprint density at radius 2 is 1.87 bits per heavy atom. The van der Waals surface area contributed by atoms with Crippen molar-refractivity contribution in [2.24, 2.45) is 0 Å². The lowest BCUT2D eigenvalue weighted by molar-refractivity contribution is -0.274. The Balaban J connectivity index is 1.52. The van der Waals surface area contributed by atoms with E-state index in [4.69, 9.17) is 0 Å². The molecule has 0 aliphatic heterocycles. The van der Waals surface area contributed by atoms with Gasteiger partial charge in [0.15, 0.2) is 4.96 Å². The first-order chi connectivity index (χ1) is 14.7. The molecule has 0 aliphatic rings. The van der Waals surface area contributed by atoms with Crippen molar-refractivity contribution in [3.63, 3.8) is 0 Å². The summed E-state index contributed by atoms with van der Waals surface area (Å²) in [5.41, 5.74) is 2.22. The highest BCUT2D eigenvalue weighted by molar-refractivity contribution is 7.19. The number of amides is 1. The van der Waals surface area contributed by atoms with Crippen LogP contribution in [0, 0.1) is 12.7 Å². The molecule has 0 bridgehead atoms. The third kappa shape index (κ3) is 4.53. The van der Waals surface area contributed by atoms with Gasteiger partial charge in [0.05, 0.1) is 5.69 Å². The molecule has 10 heteroatoms. The minimum Gasteiger partial charge on any atom is -0.405 e. The van der Waals surface area contributed by atoms with Crippen LogP contribution >= 0.6 is 11.3 Å². The van der Waals surface area contributed by atoms with Crippen molar-refractivity contribution in [2.75, 3.05) is 0 Å². The van der Waals surface area contributed by atoms with Crippen LogP contribution in [0.5, 0.6) is 5.75 Å². The summed E-state index contributed by atoms with van der Waals surface area (Å²) in [6.45, 7) is 1.61. The molecule has 160 valence electrons. The molecule has 0 unspecified atom stereocenters. The molecule has 2 aromatic carbocycles. The van der Waals surface area contributed by atoms with E-state index in [2.05, 4.69) is 15.0 Å². The molecule has 4 rings (SSSR count). The maximum absolute atomic E-state index is 13.1. The van der Waals surface area contributed by atoms with Crippen LogP contribution in [-0.2, 0) is 6.54 Å². The second kappa shape index (κ2) is 8.03. The molecular formula is C21H15F4N3O2S. The molecule has 0 spiro atoms. The van der Waals surface area contributed by atoms with Crippen LogP contribution in [0.4, 0.5) is 17.6 Å². The first-order valence-corrected chi connectivity index (χ1v) is 9.89. The molecule has 0 saturated heterocycles. The summed E-state index contributed by atoms with van der Waals surface area (Å²) in [6.07, 6.45) is -3.07. The highest BCUT2D eigenvalue weighted by atomic mass is 32.1. The molecule has 31 heavy (non-hydrogen) atoms. The van der Waals surface area contributed by atoms with Crippen molar-refractivity contribution < 1.29 is 27.1 Å². The number of halogens is 4. The number of nitrogens with one attached hydrogen (secondary N) is 1. The van der Waals surface area contributed by atoms with Crippen LogP contribution in [0.25, 0.3) is 16.2 Å². The molecule has 5 nitrogen and oxygen atoms in total. The molecule has 4 aromatic rings. The number of rotatable bonds is 5. The summed E-state index contributed by atoms with van der Waals surface area (Å²) in [6, 6.07) is 11.5. The van der Waals surface area contributed by atoms with Gasteiger partial charge >= 0.3 is 6.36 Å². The largest absolute Gasteiger partial charge is 0.573 e. The number of aryl methyl sites for hydroxylation is 1. The van der Waals surface area contributed by atoms with E-state index >= 15 is 0 Å². The summed E-state index contributed by atoms with van der Waals surface area (Å²) < 4.78 is 56.6. The number of nitrogens with zero attached hydrogens (tertiary/aromatic N) is 2. The Morgan fingerprint density at radius 1 is 1.16 bits per heavy atom. The predicted octanol–water partition coefficient (Wildman–Crippen LogP) is 5.34. The van der Waals surface area contributed by atoms with Gasteiger partial charge < -0.3 is 10.1 Å². The smallest absolute Gasteiger partial charge is 0.405 e. The van der Waals surface area contributed by atoms with Crippen molar-refractivity contribution in [3.05, 3.63) is 76.7 Å². The second-order valence-electron chi connectivity index (χ2n) is 6.64.